The number of halogens is 1. The number of hydrogen-bond donors (Lipinski definition) is 0. The lowest BCUT2D eigenvalue weighted by Crippen LogP contribution is -2.58. The van der Waals surface area contributed by atoms with Crippen molar-refractivity contribution in [3.8, 4) is 5.75 Å². The number of nitrogens with zero attached hydrogens (tertiary/aromatic N) is 1. The maximum Gasteiger partial charge on any atom is 0.211 e. The smallest absolute Gasteiger partial charge is 0.211 e. The summed E-state index contributed by atoms with van der Waals surface area (Å²) in [5.74, 6) is 1.35. The summed E-state index contributed by atoms with van der Waals surface area (Å²) >= 11 is 6.36. The Morgan fingerprint density at radius 3 is 2.44 bits per heavy atom. The van der Waals surface area contributed by atoms with Gasteiger partial charge in [0.15, 0.2) is 0 Å². The van der Waals surface area contributed by atoms with Crippen LogP contribution in [0.1, 0.15) is 56.9 Å². The van der Waals surface area contributed by atoms with E-state index in [0.717, 1.165) is 16.9 Å². The molecule has 142 valence electrons. The summed E-state index contributed by atoms with van der Waals surface area (Å²) in [6.45, 7) is 11.2. The van der Waals surface area contributed by atoms with Crippen LogP contribution < -0.4 is 9.64 Å². The quantitative estimate of drug-likeness (QED) is 0.541. The maximum absolute atomic E-state index is 6.83. The predicted molar refractivity (Wildman–Crippen MR) is 115 cm³/mol. The molecule has 2 aromatic carbocycles. The molecule has 1 unspecified atom stereocenters. The number of benzene rings is 2. The second-order valence-electron chi connectivity index (χ2n) is 9.27. The summed E-state index contributed by atoms with van der Waals surface area (Å²) in [5, 5.41) is 0. The highest BCUT2D eigenvalue weighted by molar-refractivity contribution is 6.17. The first-order valence-electron chi connectivity index (χ1n) is 9.57. The Hall–Kier alpha value is -1.93. The fraction of sp³-hybridized carbons (Fsp3) is 0.417. The van der Waals surface area contributed by atoms with Crippen molar-refractivity contribution >= 4 is 23.4 Å². The van der Waals surface area contributed by atoms with Crippen molar-refractivity contribution in [3.63, 3.8) is 0 Å². The van der Waals surface area contributed by atoms with Crippen LogP contribution in [0.4, 0.5) is 5.69 Å². The Labute approximate surface area is 167 Å². The lowest BCUT2D eigenvalue weighted by Gasteiger charge is -2.46. The van der Waals surface area contributed by atoms with Crippen molar-refractivity contribution in [2.75, 3.05) is 11.9 Å². The zero-order valence-electron chi connectivity index (χ0n) is 17.1. The summed E-state index contributed by atoms with van der Waals surface area (Å²) in [6.07, 6.45) is 4.44. The molecule has 1 spiro atoms. The Balaban J connectivity index is 1.88. The van der Waals surface area contributed by atoms with E-state index in [1.54, 1.807) is 0 Å². The van der Waals surface area contributed by atoms with E-state index in [4.69, 9.17) is 16.3 Å². The van der Waals surface area contributed by atoms with Crippen LogP contribution in [0.5, 0.6) is 5.75 Å². The van der Waals surface area contributed by atoms with Gasteiger partial charge in [-0.1, -0.05) is 45.0 Å². The zero-order chi connectivity index (χ0) is 19.6. The second-order valence-corrected chi connectivity index (χ2v) is 9.54. The number of alkyl halides is 1. The number of likely N-dealkylation sites (N-methyl/N-ethyl adjacent to an activating group) is 1. The Morgan fingerprint density at radius 1 is 1.11 bits per heavy atom. The number of rotatable bonds is 1. The van der Waals surface area contributed by atoms with Gasteiger partial charge in [-0.05, 0) is 54.7 Å². The van der Waals surface area contributed by atoms with Crippen LogP contribution in [-0.4, -0.2) is 12.8 Å². The molecule has 2 aliphatic rings. The third-order valence-electron chi connectivity index (χ3n) is 6.28. The van der Waals surface area contributed by atoms with Crippen LogP contribution in [0, 0.1) is 0 Å². The van der Waals surface area contributed by atoms with Gasteiger partial charge in [-0.2, -0.15) is 0 Å². The van der Waals surface area contributed by atoms with E-state index in [9.17, 15) is 0 Å². The zero-order valence-corrected chi connectivity index (χ0v) is 17.8. The Kier molecular flexibility index (Phi) is 3.95. The minimum Gasteiger partial charge on any atom is -0.462 e. The maximum atomic E-state index is 6.83. The molecule has 0 aromatic heterocycles. The van der Waals surface area contributed by atoms with Gasteiger partial charge >= 0.3 is 0 Å². The first-order chi connectivity index (χ1) is 12.6. The average Bonchev–Trinajstić information content (AvgIpc) is 2.79. The lowest BCUT2D eigenvalue weighted by atomic mass is 9.76. The van der Waals surface area contributed by atoms with Crippen molar-refractivity contribution in [1.29, 1.82) is 0 Å². The molecule has 2 nitrogen and oxygen atoms in total. The topological polar surface area (TPSA) is 12.5 Å². The minimum atomic E-state index is -0.562. The number of hydrogen-bond acceptors (Lipinski definition) is 2. The predicted octanol–water partition coefficient (Wildman–Crippen LogP) is 6.25. The molecule has 0 radical (unpaired) electrons. The summed E-state index contributed by atoms with van der Waals surface area (Å²) < 4.78 is 6.83. The summed E-state index contributed by atoms with van der Waals surface area (Å²) in [5.41, 5.74) is 5.29. The van der Waals surface area contributed by atoms with Gasteiger partial charge in [-0.3, -0.25) is 0 Å². The van der Waals surface area contributed by atoms with E-state index in [2.05, 4.69) is 95.1 Å². The molecule has 0 aliphatic carbocycles. The molecule has 27 heavy (non-hydrogen) atoms. The molecule has 0 saturated heterocycles. The molecule has 0 saturated carbocycles. The van der Waals surface area contributed by atoms with Crippen molar-refractivity contribution in [2.45, 2.75) is 57.1 Å². The molecule has 2 aromatic rings. The molecular weight excluding hydrogens is 354 g/mol. The number of ether oxygens (including phenoxy) is 1. The summed E-state index contributed by atoms with van der Waals surface area (Å²) in [6, 6.07) is 13.0. The van der Waals surface area contributed by atoms with Gasteiger partial charge in [0.05, 0.1) is 11.3 Å². The highest BCUT2D eigenvalue weighted by Gasteiger charge is 2.57. The van der Waals surface area contributed by atoms with Crippen LogP contribution in [0.15, 0.2) is 42.5 Å². The third-order valence-corrected chi connectivity index (χ3v) is 6.57. The number of para-hydroxylation sites is 1. The van der Waals surface area contributed by atoms with Gasteiger partial charge in [-0.25, -0.2) is 0 Å². The lowest BCUT2D eigenvalue weighted by molar-refractivity contribution is 0.0573. The highest BCUT2D eigenvalue weighted by atomic mass is 35.5. The Bertz CT molecular complexity index is 938. The number of fused-ring (bicyclic) bond motifs is 2. The van der Waals surface area contributed by atoms with E-state index in [0.29, 0.717) is 5.88 Å². The molecular formula is C24H28ClNO. The van der Waals surface area contributed by atoms with Gasteiger partial charge in [0.1, 0.15) is 5.75 Å². The molecule has 4 rings (SSSR count). The molecule has 0 N–H and O–H groups in total. The van der Waals surface area contributed by atoms with Crippen molar-refractivity contribution in [1.82, 2.24) is 0 Å². The van der Waals surface area contributed by atoms with Crippen LogP contribution in [0.2, 0.25) is 0 Å². The van der Waals surface area contributed by atoms with Crippen LogP contribution in [0.25, 0.3) is 6.08 Å². The SMILES string of the molecule is CN1c2ccccc2C(C)(C)C12C=Cc1cc(C(C)(C)C)cc(CCl)c1O2. The van der Waals surface area contributed by atoms with Crippen LogP contribution >= 0.6 is 11.6 Å². The minimum absolute atomic E-state index is 0.0679. The first-order valence-corrected chi connectivity index (χ1v) is 10.1. The molecule has 0 amide bonds. The van der Waals surface area contributed by atoms with E-state index in [-0.39, 0.29) is 10.8 Å². The Morgan fingerprint density at radius 2 is 1.81 bits per heavy atom. The van der Waals surface area contributed by atoms with Crippen molar-refractivity contribution in [3.05, 3.63) is 64.7 Å². The molecule has 2 aliphatic heterocycles. The van der Waals surface area contributed by atoms with Crippen molar-refractivity contribution < 1.29 is 4.74 Å². The van der Waals surface area contributed by atoms with Gasteiger partial charge < -0.3 is 9.64 Å². The molecule has 1 atom stereocenters. The fourth-order valence-electron chi connectivity index (χ4n) is 4.49. The van der Waals surface area contributed by atoms with E-state index in [1.165, 1.54) is 16.8 Å². The monoisotopic (exact) mass is 381 g/mol. The molecule has 0 bridgehead atoms. The number of anilines is 1. The van der Waals surface area contributed by atoms with Crippen LogP contribution in [-0.2, 0) is 16.7 Å². The standard InChI is InChI=1S/C24H28ClNO/c1-22(2,3)18-13-16-11-12-24(27-21(16)17(14-18)15-25)23(4,5)19-9-7-8-10-20(19)26(24)6/h7-14H,15H2,1-6H3. The fourth-order valence-corrected chi connectivity index (χ4v) is 4.69. The average molecular weight is 382 g/mol. The van der Waals surface area contributed by atoms with E-state index < -0.39 is 5.72 Å². The van der Waals surface area contributed by atoms with E-state index in [1.807, 2.05) is 0 Å². The largest absolute Gasteiger partial charge is 0.462 e. The van der Waals surface area contributed by atoms with E-state index >= 15 is 0 Å². The summed E-state index contributed by atoms with van der Waals surface area (Å²) in [7, 11) is 2.12. The molecule has 3 heteroatoms. The highest BCUT2D eigenvalue weighted by Crippen LogP contribution is 2.54. The van der Waals surface area contributed by atoms with Gasteiger partial charge in [0.2, 0.25) is 5.72 Å². The normalized spacial score (nSPS) is 22.6. The van der Waals surface area contributed by atoms with Crippen molar-refractivity contribution in [2.24, 2.45) is 0 Å². The second kappa shape index (κ2) is 5.78. The van der Waals surface area contributed by atoms with Gasteiger partial charge in [0.25, 0.3) is 0 Å². The molecule has 2 heterocycles. The molecule has 0 fully saturated rings. The van der Waals surface area contributed by atoms with Crippen LogP contribution in [0.3, 0.4) is 0 Å². The van der Waals surface area contributed by atoms with Gasteiger partial charge in [-0.15, -0.1) is 11.6 Å². The van der Waals surface area contributed by atoms with Gasteiger partial charge in [0, 0.05) is 23.9 Å². The third kappa shape index (κ3) is 2.46. The summed E-state index contributed by atoms with van der Waals surface area (Å²) in [4.78, 5) is 2.26. The first kappa shape index (κ1) is 18.4.